The number of halogens is 2. The minimum absolute atomic E-state index is 0.0720. The molecule has 1 aliphatic rings. The molecule has 1 aromatic rings. The molecule has 0 saturated heterocycles. The van der Waals surface area contributed by atoms with E-state index in [4.69, 9.17) is 5.26 Å². The average molecular weight is 415 g/mol. The number of carbonyl (C=O) groups is 1. The third kappa shape index (κ3) is 4.98. The van der Waals surface area contributed by atoms with Crippen LogP contribution in [0.4, 0.5) is 10.1 Å². The smallest absolute Gasteiger partial charge is 0.242 e. The van der Waals surface area contributed by atoms with E-state index in [0.29, 0.717) is 5.82 Å². The first-order chi connectivity index (χ1) is 10.5. The molecular weight excluding hydrogens is 396 g/mol. The Morgan fingerprint density at radius 3 is 2.68 bits per heavy atom. The van der Waals surface area contributed by atoms with Gasteiger partial charge in [0.05, 0.1) is 11.8 Å². The van der Waals surface area contributed by atoms with Gasteiger partial charge in [0.1, 0.15) is 18.1 Å². The first-order valence-corrected chi connectivity index (χ1v) is 8.21. The summed E-state index contributed by atoms with van der Waals surface area (Å²) in [5.41, 5.74) is 0.269. The molecule has 1 saturated carbocycles. The number of amides is 1. The van der Waals surface area contributed by atoms with E-state index in [9.17, 15) is 9.18 Å². The number of rotatable bonds is 5. The fourth-order valence-corrected chi connectivity index (χ4v) is 2.32. The van der Waals surface area contributed by atoms with E-state index in [-0.39, 0.29) is 24.1 Å². The topological polar surface area (TPSA) is 56.1 Å². The number of anilines is 1. The predicted molar refractivity (Wildman–Crippen MR) is 93.3 cm³/mol. The van der Waals surface area contributed by atoms with Gasteiger partial charge in [0.15, 0.2) is 0 Å². The van der Waals surface area contributed by atoms with Gasteiger partial charge in [-0.05, 0) is 53.6 Å². The van der Waals surface area contributed by atoms with Gasteiger partial charge in [-0.3, -0.25) is 9.69 Å². The molecule has 0 heterocycles. The van der Waals surface area contributed by atoms with Crippen LogP contribution in [0, 0.1) is 20.7 Å². The Morgan fingerprint density at radius 2 is 2.18 bits per heavy atom. The van der Waals surface area contributed by atoms with Crippen LogP contribution in [0.2, 0.25) is 0 Å². The highest BCUT2D eigenvalue weighted by Gasteiger charge is 2.34. The second-order valence-electron chi connectivity index (χ2n) is 4.53. The normalized spacial score (nSPS) is 12.5. The molecule has 22 heavy (non-hydrogen) atoms. The Labute approximate surface area is 144 Å². The molecule has 0 atom stereocenters. The van der Waals surface area contributed by atoms with E-state index >= 15 is 0 Å². The summed E-state index contributed by atoms with van der Waals surface area (Å²) in [7, 11) is 0. The summed E-state index contributed by atoms with van der Waals surface area (Å²) in [5, 5.41) is 11.4. The lowest BCUT2D eigenvalue weighted by Gasteiger charge is -2.24. The van der Waals surface area contributed by atoms with Gasteiger partial charge in [-0.15, -0.1) is 0 Å². The van der Waals surface area contributed by atoms with Crippen molar-refractivity contribution in [1.29, 1.82) is 5.26 Å². The van der Waals surface area contributed by atoms with Crippen molar-refractivity contribution < 1.29 is 9.18 Å². The summed E-state index contributed by atoms with van der Waals surface area (Å²) in [6.45, 7) is 7.79. The van der Waals surface area contributed by atoms with Crippen LogP contribution in [0.3, 0.4) is 0 Å². The Kier molecular flexibility index (Phi) is 7.32. The number of nitrogens with one attached hydrogen (secondary N) is 1. The first-order valence-electron chi connectivity index (χ1n) is 7.13. The Balaban J connectivity index is 0.00000116. The number of nitrogens with zero attached hydrogens (tertiary/aromatic N) is 2. The zero-order chi connectivity index (χ0) is 16.7. The fraction of sp³-hybridized carbons (Fsp3) is 0.375. The van der Waals surface area contributed by atoms with Crippen LogP contribution in [-0.2, 0) is 4.79 Å². The SMILES string of the molecule is C=C(Nc1ccc(I)cc1F)N(C(=O)CC#N)C1CC1.CC. The molecule has 1 aromatic carbocycles. The molecule has 118 valence electrons. The van der Waals surface area contributed by atoms with Gasteiger partial charge in [-0.25, -0.2) is 4.39 Å². The van der Waals surface area contributed by atoms with Crippen LogP contribution in [0.15, 0.2) is 30.6 Å². The average Bonchev–Trinajstić information content (AvgIpc) is 3.29. The highest BCUT2D eigenvalue weighted by atomic mass is 127. The Bertz CT molecular complexity index is 594. The van der Waals surface area contributed by atoms with Gasteiger partial charge < -0.3 is 5.32 Å². The summed E-state index contributed by atoms with van der Waals surface area (Å²) in [6, 6.07) is 6.66. The molecule has 0 aliphatic heterocycles. The van der Waals surface area contributed by atoms with Gasteiger partial charge in [0.25, 0.3) is 0 Å². The second-order valence-corrected chi connectivity index (χ2v) is 5.77. The fourth-order valence-electron chi connectivity index (χ4n) is 1.87. The highest BCUT2D eigenvalue weighted by Crippen LogP contribution is 2.31. The summed E-state index contributed by atoms with van der Waals surface area (Å²) >= 11 is 2.02. The maximum atomic E-state index is 13.8. The number of hydrogen-bond acceptors (Lipinski definition) is 3. The second kappa shape index (κ2) is 8.73. The van der Waals surface area contributed by atoms with E-state index in [1.165, 1.54) is 11.0 Å². The van der Waals surface area contributed by atoms with Crippen LogP contribution < -0.4 is 5.32 Å². The zero-order valence-electron chi connectivity index (χ0n) is 12.7. The van der Waals surface area contributed by atoms with Gasteiger partial charge in [-0.2, -0.15) is 5.26 Å². The minimum atomic E-state index is -0.401. The van der Waals surface area contributed by atoms with Gasteiger partial charge in [0, 0.05) is 9.61 Å². The van der Waals surface area contributed by atoms with Crippen molar-refractivity contribution in [3.05, 3.63) is 40.0 Å². The number of nitriles is 1. The molecule has 1 N–H and O–H groups in total. The van der Waals surface area contributed by atoms with Crippen LogP contribution in [0.25, 0.3) is 0 Å². The van der Waals surface area contributed by atoms with Crippen molar-refractivity contribution in [2.45, 2.75) is 39.2 Å². The molecule has 6 heteroatoms. The predicted octanol–water partition coefficient (Wildman–Crippen LogP) is 4.24. The van der Waals surface area contributed by atoms with Gasteiger partial charge >= 0.3 is 0 Å². The van der Waals surface area contributed by atoms with Gasteiger partial charge in [-0.1, -0.05) is 20.4 Å². The zero-order valence-corrected chi connectivity index (χ0v) is 14.9. The van der Waals surface area contributed by atoms with Crippen molar-refractivity contribution in [1.82, 2.24) is 4.90 Å². The number of benzene rings is 1. The molecule has 1 amide bonds. The van der Waals surface area contributed by atoms with Crippen LogP contribution in [0.5, 0.6) is 0 Å². The molecule has 1 fully saturated rings. The van der Waals surface area contributed by atoms with Crippen molar-refractivity contribution >= 4 is 34.2 Å². The van der Waals surface area contributed by atoms with Crippen LogP contribution in [-0.4, -0.2) is 16.8 Å². The minimum Gasteiger partial charge on any atom is -0.340 e. The van der Waals surface area contributed by atoms with Crippen LogP contribution >= 0.6 is 22.6 Å². The molecule has 0 radical (unpaired) electrons. The van der Waals surface area contributed by atoms with E-state index in [2.05, 4.69) is 11.9 Å². The largest absolute Gasteiger partial charge is 0.340 e. The third-order valence-corrected chi connectivity index (χ3v) is 3.58. The summed E-state index contributed by atoms with van der Waals surface area (Å²) in [5.74, 6) is -0.396. The number of carbonyl (C=O) groups excluding carboxylic acids is 1. The molecular formula is C16H19FIN3O. The van der Waals surface area contributed by atoms with Gasteiger partial charge in [0.2, 0.25) is 5.91 Å². The Hall–Kier alpha value is -1.62. The summed E-state index contributed by atoms with van der Waals surface area (Å²) < 4.78 is 14.6. The van der Waals surface area contributed by atoms with Crippen molar-refractivity contribution in [3.63, 3.8) is 0 Å². The molecule has 0 aromatic heterocycles. The highest BCUT2D eigenvalue weighted by molar-refractivity contribution is 14.1. The van der Waals surface area contributed by atoms with E-state index < -0.39 is 5.82 Å². The van der Waals surface area contributed by atoms with E-state index in [1.54, 1.807) is 12.1 Å². The lowest BCUT2D eigenvalue weighted by atomic mass is 10.3. The molecule has 2 rings (SSSR count). The lowest BCUT2D eigenvalue weighted by Crippen LogP contribution is -2.34. The van der Waals surface area contributed by atoms with Crippen molar-refractivity contribution in [3.8, 4) is 6.07 Å². The lowest BCUT2D eigenvalue weighted by molar-refractivity contribution is -0.128. The molecule has 0 spiro atoms. The first kappa shape index (κ1) is 18.4. The molecule has 0 unspecified atom stereocenters. The van der Waals surface area contributed by atoms with Crippen LogP contribution in [0.1, 0.15) is 33.1 Å². The van der Waals surface area contributed by atoms with E-state index in [1.807, 2.05) is 42.5 Å². The van der Waals surface area contributed by atoms with E-state index in [0.717, 1.165) is 16.4 Å². The van der Waals surface area contributed by atoms with Crippen molar-refractivity contribution in [2.24, 2.45) is 0 Å². The summed E-state index contributed by atoms with van der Waals surface area (Å²) in [6.07, 6.45) is 1.56. The molecule has 1 aliphatic carbocycles. The summed E-state index contributed by atoms with van der Waals surface area (Å²) in [4.78, 5) is 13.4. The molecule has 0 bridgehead atoms. The quantitative estimate of drug-likeness (QED) is 0.732. The Morgan fingerprint density at radius 1 is 1.55 bits per heavy atom. The standard InChI is InChI=1S/C14H13FIN3O.C2H6/c1-9(18-13-5-2-10(16)8-12(13)15)19(11-3-4-11)14(20)6-7-17;1-2/h2,5,8,11,18H,1,3-4,6H2;1-2H3. The maximum Gasteiger partial charge on any atom is 0.242 e. The maximum absolute atomic E-state index is 13.8. The van der Waals surface area contributed by atoms with Crippen molar-refractivity contribution in [2.75, 3.05) is 5.32 Å². The third-order valence-electron chi connectivity index (χ3n) is 2.91. The monoisotopic (exact) mass is 415 g/mol. The molecule has 4 nitrogen and oxygen atoms in total. The number of hydrogen-bond donors (Lipinski definition) is 1.